The van der Waals surface area contributed by atoms with Gasteiger partial charge in [0.15, 0.2) is 0 Å². The largest absolute Gasteiger partial charge is 0.388 e. The maximum atomic E-state index is 11.9. The van der Waals surface area contributed by atoms with Crippen LogP contribution in [0.25, 0.3) is 10.9 Å². The van der Waals surface area contributed by atoms with Crippen LogP contribution in [0.15, 0.2) is 29.1 Å². The number of benzene rings is 1. The van der Waals surface area contributed by atoms with Gasteiger partial charge in [-0.3, -0.25) is 4.79 Å². The van der Waals surface area contributed by atoms with Crippen molar-refractivity contribution in [3.8, 4) is 0 Å². The first-order chi connectivity index (χ1) is 10.7. The average Bonchev–Trinajstić information content (AvgIpc) is 2.82. The first kappa shape index (κ1) is 15.3. The number of nitrogens with one attached hydrogen (secondary N) is 1. The number of rotatable bonds is 3. The van der Waals surface area contributed by atoms with Crippen LogP contribution in [0, 0.1) is 5.92 Å². The van der Waals surface area contributed by atoms with Gasteiger partial charge in [0.05, 0.1) is 6.10 Å². The number of aryl methyl sites for hydroxylation is 1. The van der Waals surface area contributed by atoms with Gasteiger partial charge < -0.3 is 10.1 Å². The molecule has 0 spiro atoms. The van der Waals surface area contributed by atoms with Crippen molar-refractivity contribution in [2.45, 2.75) is 58.0 Å². The van der Waals surface area contributed by atoms with Gasteiger partial charge in [-0.05, 0) is 54.3 Å². The topological polar surface area (TPSA) is 53.1 Å². The molecule has 1 aliphatic rings. The maximum Gasteiger partial charge on any atom is 0.251 e. The van der Waals surface area contributed by atoms with Gasteiger partial charge in [0.2, 0.25) is 0 Å². The Morgan fingerprint density at radius 2 is 1.91 bits per heavy atom. The van der Waals surface area contributed by atoms with Gasteiger partial charge in [-0.15, -0.1) is 0 Å². The van der Waals surface area contributed by atoms with Crippen molar-refractivity contribution in [3.63, 3.8) is 0 Å². The van der Waals surface area contributed by atoms with Gasteiger partial charge in [0, 0.05) is 11.1 Å². The minimum Gasteiger partial charge on any atom is -0.388 e. The summed E-state index contributed by atoms with van der Waals surface area (Å²) in [6.45, 7) is 1.99. The first-order valence-corrected chi connectivity index (χ1v) is 8.53. The molecule has 0 radical (unpaired) electrons. The number of aromatic amines is 1. The Morgan fingerprint density at radius 3 is 2.59 bits per heavy atom. The van der Waals surface area contributed by atoms with Crippen LogP contribution >= 0.6 is 0 Å². The van der Waals surface area contributed by atoms with E-state index in [4.69, 9.17) is 0 Å². The van der Waals surface area contributed by atoms with Crippen LogP contribution in [0.4, 0.5) is 0 Å². The highest BCUT2D eigenvalue weighted by molar-refractivity contribution is 5.79. The molecule has 1 unspecified atom stereocenters. The molecular weight excluding hydrogens is 274 g/mol. The zero-order chi connectivity index (χ0) is 15.5. The van der Waals surface area contributed by atoms with E-state index in [0.717, 1.165) is 41.3 Å². The Bertz CT molecular complexity index is 696. The normalized spacial score (nSPS) is 18.3. The molecule has 1 fully saturated rings. The van der Waals surface area contributed by atoms with E-state index >= 15 is 0 Å². The van der Waals surface area contributed by atoms with Crippen LogP contribution < -0.4 is 5.56 Å². The van der Waals surface area contributed by atoms with E-state index in [0.29, 0.717) is 5.92 Å². The molecule has 118 valence electrons. The number of pyridine rings is 1. The lowest BCUT2D eigenvalue weighted by Crippen LogP contribution is -2.13. The Labute approximate surface area is 131 Å². The number of fused-ring (bicyclic) bond motifs is 1. The minimum atomic E-state index is -0.389. The van der Waals surface area contributed by atoms with Crippen molar-refractivity contribution in [2.24, 2.45) is 5.92 Å². The average molecular weight is 299 g/mol. The van der Waals surface area contributed by atoms with Crippen molar-refractivity contribution in [1.29, 1.82) is 0 Å². The summed E-state index contributed by atoms with van der Waals surface area (Å²) >= 11 is 0. The Balaban J connectivity index is 1.93. The van der Waals surface area contributed by atoms with Gasteiger partial charge >= 0.3 is 0 Å². The molecule has 0 bridgehead atoms. The quantitative estimate of drug-likeness (QED) is 0.839. The standard InChI is InChI=1S/C19H25NO2/c1-2-13-11-16-12-15(9-10-17(16)20-19(13)22)18(21)14-7-5-3-4-6-8-14/h9-12,14,18,21H,2-8H2,1H3,(H,20,22). The van der Waals surface area contributed by atoms with E-state index in [1.807, 2.05) is 31.2 Å². The minimum absolute atomic E-state index is 0.00735. The molecule has 0 aliphatic heterocycles. The highest BCUT2D eigenvalue weighted by Gasteiger charge is 2.22. The molecule has 1 atom stereocenters. The van der Waals surface area contributed by atoms with Crippen LogP contribution in [0.5, 0.6) is 0 Å². The van der Waals surface area contributed by atoms with Gasteiger partial charge in [-0.25, -0.2) is 0 Å². The third-order valence-corrected chi connectivity index (χ3v) is 5.01. The third-order valence-electron chi connectivity index (χ3n) is 5.01. The summed E-state index contributed by atoms with van der Waals surface area (Å²) in [5.74, 6) is 0.369. The summed E-state index contributed by atoms with van der Waals surface area (Å²) in [5.41, 5.74) is 2.62. The second kappa shape index (κ2) is 6.66. The molecule has 3 heteroatoms. The predicted molar refractivity (Wildman–Crippen MR) is 90.1 cm³/mol. The number of hydrogen-bond acceptors (Lipinski definition) is 2. The van der Waals surface area contributed by atoms with Gasteiger partial charge in [0.25, 0.3) is 5.56 Å². The van der Waals surface area contributed by atoms with Crippen LogP contribution in [0.2, 0.25) is 0 Å². The predicted octanol–water partition coefficient (Wildman–Crippen LogP) is 4.09. The molecule has 3 nitrogen and oxygen atoms in total. The summed E-state index contributed by atoms with van der Waals surface area (Å²) in [5, 5.41) is 11.8. The van der Waals surface area contributed by atoms with E-state index in [9.17, 15) is 9.90 Å². The van der Waals surface area contributed by atoms with Crippen molar-refractivity contribution in [2.75, 3.05) is 0 Å². The lowest BCUT2D eigenvalue weighted by atomic mass is 9.89. The van der Waals surface area contributed by atoms with E-state index in [-0.39, 0.29) is 11.7 Å². The van der Waals surface area contributed by atoms with Crippen molar-refractivity contribution >= 4 is 10.9 Å². The highest BCUT2D eigenvalue weighted by atomic mass is 16.3. The zero-order valence-corrected chi connectivity index (χ0v) is 13.3. The van der Waals surface area contributed by atoms with Crippen LogP contribution in [-0.2, 0) is 6.42 Å². The fourth-order valence-corrected chi connectivity index (χ4v) is 3.62. The van der Waals surface area contributed by atoms with Crippen molar-refractivity contribution < 1.29 is 5.11 Å². The molecule has 22 heavy (non-hydrogen) atoms. The Kier molecular flexibility index (Phi) is 4.63. The van der Waals surface area contributed by atoms with Crippen molar-refractivity contribution in [1.82, 2.24) is 4.98 Å². The summed E-state index contributed by atoms with van der Waals surface area (Å²) in [6, 6.07) is 7.88. The molecule has 1 aromatic heterocycles. The SMILES string of the molecule is CCc1cc2cc(C(O)C3CCCCCC3)ccc2[nH]c1=O. The van der Waals surface area contributed by atoms with Gasteiger partial charge in [-0.2, -0.15) is 0 Å². The highest BCUT2D eigenvalue weighted by Crippen LogP contribution is 2.34. The lowest BCUT2D eigenvalue weighted by Gasteiger charge is -2.22. The summed E-state index contributed by atoms with van der Waals surface area (Å²) in [4.78, 5) is 14.8. The summed E-state index contributed by atoms with van der Waals surface area (Å²) < 4.78 is 0. The molecule has 1 heterocycles. The smallest absolute Gasteiger partial charge is 0.251 e. The molecule has 2 aromatic rings. The van der Waals surface area contributed by atoms with Crippen LogP contribution in [-0.4, -0.2) is 10.1 Å². The van der Waals surface area contributed by atoms with Crippen LogP contribution in [0.1, 0.15) is 62.7 Å². The summed E-state index contributed by atoms with van der Waals surface area (Å²) in [7, 11) is 0. The first-order valence-electron chi connectivity index (χ1n) is 8.53. The summed E-state index contributed by atoms with van der Waals surface area (Å²) in [6.07, 6.45) is 7.60. The van der Waals surface area contributed by atoms with E-state index in [1.165, 1.54) is 25.7 Å². The van der Waals surface area contributed by atoms with Crippen molar-refractivity contribution in [3.05, 3.63) is 45.7 Å². The van der Waals surface area contributed by atoms with Gasteiger partial charge in [-0.1, -0.05) is 38.7 Å². The fourth-order valence-electron chi connectivity index (χ4n) is 3.62. The maximum absolute atomic E-state index is 11.9. The molecule has 1 aliphatic carbocycles. The third kappa shape index (κ3) is 3.09. The number of aromatic nitrogens is 1. The molecule has 0 saturated heterocycles. The molecule has 0 amide bonds. The number of H-pyrrole nitrogens is 1. The second-order valence-electron chi connectivity index (χ2n) is 6.52. The Morgan fingerprint density at radius 1 is 1.18 bits per heavy atom. The zero-order valence-electron chi connectivity index (χ0n) is 13.3. The molecular formula is C19H25NO2. The molecule has 1 saturated carbocycles. The second-order valence-corrected chi connectivity index (χ2v) is 6.52. The number of aliphatic hydroxyl groups excluding tert-OH is 1. The van der Waals surface area contributed by atoms with E-state index in [1.54, 1.807) is 0 Å². The van der Waals surface area contributed by atoms with Gasteiger partial charge in [0.1, 0.15) is 0 Å². The van der Waals surface area contributed by atoms with Crippen LogP contribution in [0.3, 0.4) is 0 Å². The molecule has 3 rings (SSSR count). The molecule has 2 N–H and O–H groups in total. The van der Waals surface area contributed by atoms with E-state index < -0.39 is 0 Å². The fraction of sp³-hybridized carbons (Fsp3) is 0.526. The lowest BCUT2D eigenvalue weighted by molar-refractivity contribution is 0.0989. The number of hydrogen-bond donors (Lipinski definition) is 2. The van der Waals surface area contributed by atoms with E-state index in [2.05, 4.69) is 4.98 Å². The Hall–Kier alpha value is -1.61. The monoisotopic (exact) mass is 299 g/mol. The molecule has 1 aromatic carbocycles. The number of aliphatic hydroxyl groups is 1.